The third-order valence-corrected chi connectivity index (χ3v) is 7.84. The number of rotatable bonds is 14. The van der Waals surface area contributed by atoms with Gasteiger partial charge in [-0.05, 0) is 111 Å². The van der Waals surface area contributed by atoms with Crippen molar-refractivity contribution >= 4 is 6.29 Å². The van der Waals surface area contributed by atoms with E-state index in [9.17, 15) is 25.2 Å². The second-order valence-corrected chi connectivity index (χ2v) is 11.0. The van der Waals surface area contributed by atoms with Gasteiger partial charge >= 0.3 is 0 Å². The van der Waals surface area contributed by atoms with Crippen molar-refractivity contribution in [2.75, 3.05) is 13.2 Å². The molecule has 0 heterocycles. The van der Waals surface area contributed by atoms with E-state index in [1.54, 1.807) is 13.8 Å². The first-order valence-corrected chi connectivity index (χ1v) is 13.2. The van der Waals surface area contributed by atoms with Gasteiger partial charge in [0, 0.05) is 12.0 Å². The summed E-state index contributed by atoms with van der Waals surface area (Å²) < 4.78 is 0. The maximum atomic E-state index is 11.6. The molecule has 0 aromatic heterocycles. The van der Waals surface area contributed by atoms with Crippen LogP contribution in [0.3, 0.4) is 0 Å². The monoisotopic (exact) mass is 490 g/mol. The molecule has 0 amide bonds. The lowest BCUT2D eigenvalue weighted by molar-refractivity contribution is -0.146. The molecule has 0 aromatic rings. The van der Waals surface area contributed by atoms with E-state index in [0.29, 0.717) is 50.5 Å². The lowest BCUT2D eigenvalue weighted by Crippen LogP contribution is -2.56. The second-order valence-electron chi connectivity index (χ2n) is 11.0. The molecule has 200 valence electrons. The molecule has 0 bridgehead atoms. The summed E-state index contributed by atoms with van der Waals surface area (Å²) in [6.07, 6.45) is 12.5. The van der Waals surface area contributed by atoms with Crippen LogP contribution in [-0.4, -0.2) is 51.6 Å². The zero-order valence-electron chi connectivity index (χ0n) is 22.9. The highest BCUT2D eigenvalue weighted by molar-refractivity contribution is 5.74. The maximum Gasteiger partial charge on any atom is 0.145 e. The molecule has 0 unspecified atom stereocenters. The Kier molecular flexibility index (Phi) is 13.4. The molecule has 5 heteroatoms. The Balaban J connectivity index is 3.00. The summed E-state index contributed by atoms with van der Waals surface area (Å²) in [7, 11) is 0. The van der Waals surface area contributed by atoms with E-state index in [1.807, 2.05) is 13.0 Å². The largest absolute Gasteiger partial charge is 0.396 e. The molecule has 1 saturated carbocycles. The van der Waals surface area contributed by atoms with Gasteiger partial charge in [0.05, 0.1) is 18.3 Å². The highest BCUT2D eigenvalue weighted by Crippen LogP contribution is 2.55. The fraction of sp³-hybridized carbons (Fsp3) is 0.700. The SMILES string of the molecule is CC(C)=CCC/C(C)=C/[C@H](O)C/C(C)=C/CC[C@@]1(CO)[C@H](CCCO)/C(=C(/C)C=O)CC[C@]1(C)O. The van der Waals surface area contributed by atoms with Crippen LogP contribution in [0.15, 0.2) is 46.1 Å². The average Bonchev–Trinajstić information content (AvgIpc) is 2.77. The first-order chi connectivity index (χ1) is 16.4. The molecule has 1 rings (SSSR count). The highest BCUT2D eigenvalue weighted by Gasteiger charge is 2.54. The van der Waals surface area contributed by atoms with E-state index in [4.69, 9.17) is 0 Å². The Morgan fingerprint density at radius 1 is 1.09 bits per heavy atom. The summed E-state index contributed by atoms with van der Waals surface area (Å²) in [5, 5.41) is 42.0. The van der Waals surface area contributed by atoms with E-state index >= 15 is 0 Å². The van der Waals surface area contributed by atoms with E-state index in [0.717, 1.165) is 30.3 Å². The van der Waals surface area contributed by atoms with E-state index in [2.05, 4.69) is 32.9 Å². The van der Waals surface area contributed by atoms with Gasteiger partial charge in [-0.15, -0.1) is 0 Å². The fourth-order valence-electron chi connectivity index (χ4n) is 5.66. The predicted molar refractivity (Wildman–Crippen MR) is 144 cm³/mol. The van der Waals surface area contributed by atoms with Crippen molar-refractivity contribution in [3.8, 4) is 0 Å². The molecule has 0 aliphatic heterocycles. The third kappa shape index (κ3) is 9.13. The lowest BCUT2D eigenvalue weighted by Gasteiger charge is -2.54. The minimum atomic E-state index is -1.08. The molecule has 0 radical (unpaired) electrons. The van der Waals surface area contributed by atoms with Crippen LogP contribution in [0.25, 0.3) is 0 Å². The van der Waals surface area contributed by atoms with Gasteiger partial charge in [0.1, 0.15) is 6.29 Å². The Labute approximate surface area is 213 Å². The van der Waals surface area contributed by atoms with Gasteiger partial charge in [-0.25, -0.2) is 0 Å². The normalized spacial score (nSPS) is 28.0. The van der Waals surface area contributed by atoms with Crippen LogP contribution in [0, 0.1) is 11.3 Å². The van der Waals surface area contributed by atoms with Crippen LogP contribution in [0.2, 0.25) is 0 Å². The number of aliphatic hydroxyl groups is 4. The van der Waals surface area contributed by atoms with E-state index in [1.165, 1.54) is 11.1 Å². The first kappa shape index (κ1) is 31.5. The highest BCUT2D eigenvalue weighted by atomic mass is 16.3. The number of carbonyl (C=O) groups excluding carboxylic acids is 1. The Hall–Kier alpha value is -1.53. The summed E-state index contributed by atoms with van der Waals surface area (Å²) in [5.74, 6) is -0.167. The molecule has 0 aromatic carbocycles. The zero-order chi connectivity index (χ0) is 26.6. The maximum absolute atomic E-state index is 11.6. The number of allylic oxidation sites excluding steroid dienone is 6. The number of hydrogen-bond donors (Lipinski definition) is 4. The number of aliphatic hydroxyl groups excluding tert-OH is 3. The van der Waals surface area contributed by atoms with Gasteiger partial charge in [-0.3, -0.25) is 4.79 Å². The zero-order valence-corrected chi connectivity index (χ0v) is 22.9. The Morgan fingerprint density at radius 3 is 2.34 bits per heavy atom. The van der Waals surface area contributed by atoms with Crippen molar-refractivity contribution in [3.05, 3.63) is 46.1 Å². The van der Waals surface area contributed by atoms with Crippen LogP contribution in [0.5, 0.6) is 0 Å². The molecule has 4 N–H and O–H groups in total. The van der Waals surface area contributed by atoms with Crippen molar-refractivity contribution in [1.82, 2.24) is 0 Å². The molecular formula is C30H50O5. The number of hydrogen-bond acceptors (Lipinski definition) is 5. The Morgan fingerprint density at radius 2 is 1.77 bits per heavy atom. The van der Waals surface area contributed by atoms with Crippen LogP contribution in [-0.2, 0) is 4.79 Å². The standard InChI is InChI=1S/C30H50O5/c1-22(2)10-7-11-23(3)18-26(34)19-24(4)12-8-15-30(21-33)28(13-9-17-31)27(25(5)20-32)14-16-29(30,6)35/h10,12,18,20,26,28,31,33-35H,7-9,11,13-17,19,21H2,1-6H3/b23-18+,24-12+,27-25-/t26-,28+,29-,30+/m0/s1. The number of aldehydes is 1. The van der Waals surface area contributed by atoms with Gasteiger partial charge in [0.25, 0.3) is 0 Å². The average molecular weight is 491 g/mol. The summed E-state index contributed by atoms with van der Waals surface area (Å²) in [5.41, 5.74) is 3.34. The summed E-state index contributed by atoms with van der Waals surface area (Å²) in [4.78, 5) is 11.6. The van der Waals surface area contributed by atoms with Crippen molar-refractivity contribution in [3.63, 3.8) is 0 Å². The minimum absolute atomic E-state index is 0.0335. The molecule has 5 nitrogen and oxygen atoms in total. The molecule has 0 spiro atoms. The summed E-state index contributed by atoms with van der Waals surface area (Å²) in [6, 6.07) is 0. The van der Waals surface area contributed by atoms with Crippen LogP contribution >= 0.6 is 0 Å². The van der Waals surface area contributed by atoms with E-state index < -0.39 is 17.1 Å². The van der Waals surface area contributed by atoms with Gasteiger partial charge in [0.15, 0.2) is 0 Å². The second kappa shape index (κ2) is 14.9. The predicted octanol–water partition coefficient (Wildman–Crippen LogP) is 5.58. The molecular weight excluding hydrogens is 440 g/mol. The summed E-state index contributed by atoms with van der Waals surface area (Å²) in [6.45, 7) is 11.7. The van der Waals surface area contributed by atoms with Crippen molar-refractivity contribution in [1.29, 1.82) is 0 Å². The molecule has 1 fully saturated rings. The van der Waals surface area contributed by atoms with Crippen LogP contribution in [0.1, 0.15) is 99.3 Å². The van der Waals surface area contributed by atoms with Gasteiger partial charge in [-0.2, -0.15) is 0 Å². The first-order valence-electron chi connectivity index (χ1n) is 13.2. The summed E-state index contributed by atoms with van der Waals surface area (Å²) >= 11 is 0. The molecule has 0 saturated heterocycles. The smallest absolute Gasteiger partial charge is 0.145 e. The van der Waals surface area contributed by atoms with Gasteiger partial charge < -0.3 is 20.4 Å². The molecule has 1 aliphatic rings. The minimum Gasteiger partial charge on any atom is -0.396 e. The van der Waals surface area contributed by atoms with Crippen LogP contribution in [0.4, 0.5) is 0 Å². The topological polar surface area (TPSA) is 98.0 Å². The molecule has 4 atom stereocenters. The van der Waals surface area contributed by atoms with Crippen LogP contribution < -0.4 is 0 Å². The molecule has 35 heavy (non-hydrogen) atoms. The van der Waals surface area contributed by atoms with Crippen molar-refractivity contribution in [2.45, 2.75) is 111 Å². The van der Waals surface area contributed by atoms with E-state index in [-0.39, 0.29) is 19.1 Å². The number of carbonyl (C=O) groups is 1. The third-order valence-electron chi connectivity index (χ3n) is 7.84. The molecule has 1 aliphatic carbocycles. The quantitative estimate of drug-likeness (QED) is 0.145. The van der Waals surface area contributed by atoms with Crippen molar-refractivity contribution in [2.24, 2.45) is 11.3 Å². The fourth-order valence-corrected chi connectivity index (χ4v) is 5.66. The Bertz CT molecular complexity index is 798. The van der Waals surface area contributed by atoms with Gasteiger partial charge in [-0.1, -0.05) is 40.5 Å². The van der Waals surface area contributed by atoms with Gasteiger partial charge in [0.2, 0.25) is 0 Å². The van der Waals surface area contributed by atoms with Crippen molar-refractivity contribution < 1.29 is 25.2 Å². The lowest BCUT2D eigenvalue weighted by atomic mass is 9.53.